The first-order chi connectivity index (χ1) is 13.8. The molecule has 4 N–H and O–H groups in total. The second kappa shape index (κ2) is 10.3. The predicted molar refractivity (Wildman–Crippen MR) is 106 cm³/mol. The molecule has 1 saturated heterocycles. The number of amides is 3. The van der Waals surface area contributed by atoms with Gasteiger partial charge in [0.2, 0.25) is 5.91 Å². The molecule has 0 spiro atoms. The largest absolute Gasteiger partial charge is 0.352 e. The molecule has 1 fully saturated rings. The number of hydrogen-bond donors (Lipinski definition) is 3. The van der Waals surface area contributed by atoms with Crippen LogP contribution in [-0.2, 0) is 19.1 Å². The summed E-state index contributed by atoms with van der Waals surface area (Å²) in [5.41, 5.74) is 3.33. The number of carbonyl (C=O) groups is 3. The van der Waals surface area contributed by atoms with Crippen LogP contribution in [0, 0.1) is 5.92 Å². The third-order valence-electron chi connectivity index (χ3n) is 5.06. The van der Waals surface area contributed by atoms with E-state index in [4.69, 9.17) is 15.3 Å². The Hall–Kier alpha value is -2.49. The van der Waals surface area contributed by atoms with E-state index in [1.165, 1.54) is 14.2 Å². The van der Waals surface area contributed by atoms with E-state index in [-0.39, 0.29) is 17.7 Å². The molecule has 2 rings (SSSR count). The van der Waals surface area contributed by atoms with Crippen molar-refractivity contribution in [3.63, 3.8) is 0 Å². The van der Waals surface area contributed by atoms with Gasteiger partial charge in [-0.1, -0.05) is 26.0 Å². The monoisotopic (exact) mass is 406 g/mol. The lowest BCUT2D eigenvalue weighted by Crippen LogP contribution is -2.55. The minimum Gasteiger partial charge on any atom is -0.352 e. The smallest absolute Gasteiger partial charge is 0.256 e. The Morgan fingerprint density at radius 1 is 1.14 bits per heavy atom. The molecule has 0 unspecified atom stereocenters. The first-order valence-corrected chi connectivity index (χ1v) is 9.61. The Balaban J connectivity index is 2.12. The Morgan fingerprint density at radius 2 is 1.76 bits per heavy atom. The Kier molecular flexibility index (Phi) is 8.12. The molecule has 0 aromatic heterocycles. The lowest BCUT2D eigenvalue weighted by molar-refractivity contribution is -0.132. The van der Waals surface area contributed by atoms with Gasteiger partial charge in [0.05, 0.1) is 0 Å². The number of nitrogens with one attached hydrogen (secondary N) is 2. The molecule has 1 heterocycles. The minimum absolute atomic E-state index is 0.143. The number of nitrogens with zero attached hydrogens (tertiary/aromatic N) is 1. The molecule has 0 aliphatic carbocycles. The number of rotatable bonds is 8. The highest BCUT2D eigenvalue weighted by atomic mass is 16.7. The van der Waals surface area contributed by atoms with Crippen molar-refractivity contribution in [2.75, 3.05) is 20.8 Å². The fourth-order valence-electron chi connectivity index (χ4n) is 3.47. The van der Waals surface area contributed by atoms with Crippen LogP contribution in [0.1, 0.15) is 48.9 Å². The highest BCUT2D eigenvalue weighted by Gasteiger charge is 2.36. The first-order valence-electron chi connectivity index (χ1n) is 9.61. The third kappa shape index (κ3) is 5.31. The van der Waals surface area contributed by atoms with Gasteiger partial charge in [-0.3, -0.25) is 19.8 Å². The summed E-state index contributed by atoms with van der Waals surface area (Å²) >= 11 is 0. The maximum Gasteiger partial charge on any atom is 0.256 e. The second-order valence-corrected chi connectivity index (χ2v) is 7.32. The fourth-order valence-corrected chi connectivity index (χ4v) is 3.47. The summed E-state index contributed by atoms with van der Waals surface area (Å²) in [6.45, 7) is 4.10. The van der Waals surface area contributed by atoms with Gasteiger partial charge in [0.1, 0.15) is 12.1 Å². The van der Waals surface area contributed by atoms with E-state index in [1.54, 1.807) is 29.2 Å². The molecule has 1 aromatic rings. The summed E-state index contributed by atoms with van der Waals surface area (Å²) < 4.78 is 10.4. The molecule has 3 amide bonds. The molecular weight excluding hydrogens is 376 g/mol. The van der Waals surface area contributed by atoms with E-state index in [0.29, 0.717) is 24.9 Å². The van der Waals surface area contributed by atoms with Crippen molar-refractivity contribution in [2.45, 2.75) is 45.1 Å². The summed E-state index contributed by atoms with van der Waals surface area (Å²) in [6, 6.07) is 5.51. The molecule has 9 nitrogen and oxygen atoms in total. The van der Waals surface area contributed by atoms with Crippen molar-refractivity contribution in [1.29, 1.82) is 0 Å². The van der Waals surface area contributed by atoms with Crippen LogP contribution in [-0.4, -0.2) is 55.5 Å². The maximum atomic E-state index is 13.0. The van der Waals surface area contributed by atoms with E-state index >= 15 is 0 Å². The van der Waals surface area contributed by atoms with Gasteiger partial charge in [-0.05, 0) is 30.9 Å². The summed E-state index contributed by atoms with van der Waals surface area (Å²) in [7, 11) is 3.08. The molecule has 29 heavy (non-hydrogen) atoms. The van der Waals surface area contributed by atoms with Crippen LogP contribution in [0.4, 0.5) is 0 Å². The topological polar surface area (TPSA) is 123 Å². The van der Waals surface area contributed by atoms with Gasteiger partial charge in [0.25, 0.3) is 11.8 Å². The minimum atomic E-state index is -0.760. The van der Waals surface area contributed by atoms with Crippen LogP contribution in [0.25, 0.3) is 0 Å². The zero-order chi connectivity index (χ0) is 21.6. The zero-order valence-electron chi connectivity index (χ0n) is 17.3. The SMILES string of the molecule is COC(OC)c1ccc(C(=O)N2CCC[C@@H]2C(=O)N[C@@H](C(=O)NN)C(C)C)cc1. The Labute approximate surface area is 170 Å². The molecular formula is C20H30N4O5. The van der Waals surface area contributed by atoms with Crippen molar-refractivity contribution >= 4 is 17.7 Å². The number of ether oxygens (including phenoxy) is 2. The normalized spacial score (nSPS) is 17.5. The Morgan fingerprint density at radius 3 is 2.28 bits per heavy atom. The van der Waals surface area contributed by atoms with Crippen LogP contribution in [0.5, 0.6) is 0 Å². The summed E-state index contributed by atoms with van der Waals surface area (Å²) in [5, 5.41) is 2.73. The number of likely N-dealkylation sites (tertiary alicyclic amines) is 1. The van der Waals surface area contributed by atoms with Gasteiger partial charge in [0, 0.05) is 31.9 Å². The van der Waals surface area contributed by atoms with Crippen LogP contribution in [0.15, 0.2) is 24.3 Å². The molecule has 2 atom stereocenters. The van der Waals surface area contributed by atoms with Crippen LogP contribution in [0.2, 0.25) is 0 Å². The van der Waals surface area contributed by atoms with E-state index in [1.807, 2.05) is 13.8 Å². The molecule has 1 aliphatic rings. The molecule has 0 radical (unpaired) electrons. The van der Waals surface area contributed by atoms with Gasteiger partial charge >= 0.3 is 0 Å². The number of nitrogens with two attached hydrogens (primary N) is 1. The van der Waals surface area contributed by atoms with E-state index < -0.39 is 24.3 Å². The molecule has 1 aliphatic heterocycles. The van der Waals surface area contributed by atoms with Crippen LogP contribution >= 0.6 is 0 Å². The van der Waals surface area contributed by atoms with Crippen LogP contribution in [0.3, 0.4) is 0 Å². The zero-order valence-corrected chi connectivity index (χ0v) is 17.3. The first kappa shape index (κ1) is 22.8. The van der Waals surface area contributed by atoms with E-state index in [9.17, 15) is 14.4 Å². The van der Waals surface area contributed by atoms with Crippen LogP contribution < -0.4 is 16.6 Å². The summed E-state index contributed by atoms with van der Waals surface area (Å²) in [5.74, 6) is 4.02. The second-order valence-electron chi connectivity index (χ2n) is 7.32. The van der Waals surface area contributed by atoms with Crippen molar-refractivity contribution in [1.82, 2.24) is 15.6 Å². The van der Waals surface area contributed by atoms with Crippen molar-refractivity contribution in [3.05, 3.63) is 35.4 Å². The molecule has 0 saturated carbocycles. The van der Waals surface area contributed by atoms with Gasteiger partial charge < -0.3 is 19.7 Å². The average Bonchev–Trinajstić information content (AvgIpc) is 3.22. The number of hydrazine groups is 1. The quantitative estimate of drug-likeness (QED) is 0.253. The highest BCUT2D eigenvalue weighted by Crippen LogP contribution is 2.23. The average molecular weight is 406 g/mol. The van der Waals surface area contributed by atoms with E-state index in [0.717, 1.165) is 5.56 Å². The number of carbonyl (C=O) groups excluding carboxylic acids is 3. The number of methoxy groups -OCH3 is 2. The maximum absolute atomic E-state index is 13.0. The Bertz CT molecular complexity index is 718. The van der Waals surface area contributed by atoms with Gasteiger partial charge in [-0.2, -0.15) is 0 Å². The van der Waals surface area contributed by atoms with E-state index in [2.05, 4.69) is 10.7 Å². The summed E-state index contributed by atoms with van der Waals surface area (Å²) in [4.78, 5) is 39.2. The highest BCUT2D eigenvalue weighted by molar-refractivity contribution is 5.98. The fraction of sp³-hybridized carbons (Fsp3) is 0.550. The molecule has 1 aromatic carbocycles. The van der Waals surface area contributed by atoms with Crippen molar-refractivity contribution in [2.24, 2.45) is 11.8 Å². The number of hydrogen-bond acceptors (Lipinski definition) is 6. The van der Waals surface area contributed by atoms with Gasteiger partial charge in [-0.15, -0.1) is 0 Å². The molecule has 9 heteroatoms. The van der Waals surface area contributed by atoms with Gasteiger partial charge in [0.15, 0.2) is 6.29 Å². The third-order valence-corrected chi connectivity index (χ3v) is 5.06. The van der Waals surface area contributed by atoms with Crippen molar-refractivity contribution in [3.8, 4) is 0 Å². The molecule has 0 bridgehead atoms. The van der Waals surface area contributed by atoms with Crippen molar-refractivity contribution < 1.29 is 23.9 Å². The lowest BCUT2D eigenvalue weighted by Gasteiger charge is -2.27. The lowest BCUT2D eigenvalue weighted by atomic mass is 10.0. The van der Waals surface area contributed by atoms with Gasteiger partial charge in [-0.25, -0.2) is 5.84 Å². The number of benzene rings is 1. The molecule has 160 valence electrons. The standard InChI is InChI=1S/C20H30N4O5/c1-12(2)16(18(26)23-21)22-17(25)15-6-5-11-24(15)19(27)13-7-9-14(10-8-13)20(28-3)29-4/h7-10,12,15-16,20H,5-6,11,21H2,1-4H3,(H,22,25)(H,23,26)/t15-,16-/m1/s1. The summed E-state index contributed by atoms with van der Waals surface area (Å²) in [6.07, 6.45) is 0.749. The predicted octanol–water partition coefficient (Wildman–Crippen LogP) is 0.713.